The van der Waals surface area contributed by atoms with Gasteiger partial charge in [-0.25, -0.2) is 8.42 Å². The average Bonchev–Trinajstić information content (AvgIpc) is 3.17. The summed E-state index contributed by atoms with van der Waals surface area (Å²) in [4.78, 5) is 0.366. The maximum Gasteiger partial charge on any atom is 0.243 e. The lowest BCUT2D eigenvalue weighted by Gasteiger charge is -2.15. The second kappa shape index (κ2) is 6.31. The fraction of sp³-hybridized carbons (Fsp3) is 0.429. The van der Waals surface area contributed by atoms with Crippen molar-refractivity contribution in [3.05, 3.63) is 34.8 Å². The van der Waals surface area contributed by atoms with E-state index in [-0.39, 0.29) is 0 Å². The largest absolute Gasteiger partial charge is 0.356 e. The molecule has 1 fully saturated rings. The van der Waals surface area contributed by atoms with Gasteiger partial charge in [-0.15, -0.1) is 10.2 Å². The number of aryl methyl sites for hydroxylation is 1. The Kier molecular flexibility index (Phi) is 4.42. The first-order chi connectivity index (χ1) is 10.6. The van der Waals surface area contributed by atoms with Gasteiger partial charge in [0.25, 0.3) is 0 Å². The number of hydrogen-bond donors (Lipinski definition) is 1. The zero-order chi connectivity index (χ0) is 15.6. The van der Waals surface area contributed by atoms with Crippen LogP contribution in [0, 0.1) is 6.92 Å². The molecule has 0 spiro atoms. The number of sulfonamides is 1. The van der Waals surface area contributed by atoms with Crippen LogP contribution >= 0.6 is 11.3 Å². The molecular formula is C14H18N4O2S2. The number of benzene rings is 1. The van der Waals surface area contributed by atoms with Crippen molar-refractivity contribution in [3.63, 3.8) is 0 Å². The monoisotopic (exact) mass is 338 g/mol. The molecule has 2 aromatic rings. The molecule has 0 atom stereocenters. The van der Waals surface area contributed by atoms with Crippen LogP contribution < -0.4 is 5.32 Å². The van der Waals surface area contributed by atoms with Crippen LogP contribution in [0.25, 0.3) is 0 Å². The molecule has 0 saturated carbocycles. The highest BCUT2D eigenvalue weighted by Crippen LogP contribution is 2.21. The first-order valence-corrected chi connectivity index (χ1v) is 9.44. The summed E-state index contributed by atoms with van der Waals surface area (Å²) in [6, 6.07) is 7.03. The fourth-order valence-electron chi connectivity index (χ4n) is 2.40. The number of hydrogen-bond acceptors (Lipinski definition) is 6. The molecule has 3 rings (SSSR count). The molecule has 6 nitrogen and oxygen atoms in total. The van der Waals surface area contributed by atoms with Gasteiger partial charge in [0.2, 0.25) is 15.2 Å². The number of aromatic nitrogens is 2. The molecule has 1 aliphatic heterocycles. The van der Waals surface area contributed by atoms with Crippen LogP contribution in [0.1, 0.15) is 23.4 Å². The van der Waals surface area contributed by atoms with E-state index in [1.807, 2.05) is 19.1 Å². The molecule has 22 heavy (non-hydrogen) atoms. The molecular weight excluding hydrogens is 320 g/mol. The minimum Gasteiger partial charge on any atom is -0.356 e. The fourth-order valence-corrected chi connectivity index (χ4v) is 4.51. The van der Waals surface area contributed by atoms with Gasteiger partial charge in [0.05, 0.1) is 4.90 Å². The van der Waals surface area contributed by atoms with E-state index in [0.29, 0.717) is 24.5 Å². The second-order valence-electron chi connectivity index (χ2n) is 5.23. The van der Waals surface area contributed by atoms with Crippen LogP contribution in [-0.4, -0.2) is 36.0 Å². The summed E-state index contributed by atoms with van der Waals surface area (Å²) < 4.78 is 26.4. The van der Waals surface area contributed by atoms with Gasteiger partial charge in [0.15, 0.2) is 0 Å². The first kappa shape index (κ1) is 15.4. The van der Waals surface area contributed by atoms with Gasteiger partial charge in [-0.3, -0.25) is 0 Å². The molecule has 0 aliphatic carbocycles. The Labute approximate surface area is 134 Å². The number of nitrogens with zero attached hydrogens (tertiary/aromatic N) is 3. The highest BCUT2D eigenvalue weighted by molar-refractivity contribution is 7.89. The topological polar surface area (TPSA) is 75.2 Å². The van der Waals surface area contributed by atoms with Crippen molar-refractivity contribution in [2.45, 2.75) is 31.2 Å². The molecule has 1 aliphatic rings. The number of rotatable bonds is 5. The quantitative estimate of drug-likeness (QED) is 0.905. The summed E-state index contributed by atoms with van der Waals surface area (Å²) in [5.41, 5.74) is 1.01. The normalized spacial score (nSPS) is 16.0. The van der Waals surface area contributed by atoms with Gasteiger partial charge >= 0.3 is 0 Å². The third kappa shape index (κ3) is 3.29. The maximum atomic E-state index is 12.4. The van der Waals surface area contributed by atoms with Crippen LogP contribution in [0.15, 0.2) is 29.2 Å². The van der Waals surface area contributed by atoms with Crippen LogP contribution in [-0.2, 0) is 16.6 Å². The minimum absolute atomic E-state index is 0.366. The first-order valence-electron chi connectivity index (χ1n) is 7.19. The molecule has 0 bridgehead atoms. The lowest BCUT2D eigenvalue weighted by molar-refractivity contribution is 0.477. The smallest absolute Gasteiger partial charge is 0.243 e. The van der Waals surface area contributed by atoms with Gasteiger partial charge in [-0.05, 0) is 37.5 Å². The van der Waals surface area contributed by atoms with E-state index >= 15 is 0 Å². The Hall–Kier alpha value is -1.51. The van der Waals surface area contributed by atoms with E-state index in [1.165, 1.54) is 11.3 Å². The predicted molar refractivity (Wildman–Crippen MR) is 86.4 cm³/mol. The SMILES string of the molecule is Cc1nnc(NCc2ccc(S(=O)(=O)N3CCCC3)cc2)s1. The summed E-state index contributed by atoms with van der Waals surface area (Å²) in [5.74, 6) is 0. The van der Waals surface area contributed by atoms with Gasteiger partial charge in [-0.2, -0.15) is 4.31 Å². The highest BCUT2D eigenvalue weighted by Gasteiger charge is 2.26. The Bertz CT molecular complexity index is 734. The molecule has 2 heterocycles. The van der Waals surface area contributed by atoms with Crippen molar-refractivity contribution in [1.29, 1.82) is 0 Å². The average molecular weight is 338 g/mol. The van der Waals surface area contributed by atoms with E-state index in [0.717, 1.165) is 28.5 Å². The molecule has 1 N–H and O–H groups in total. The molecule has 0 unspecified atom stereocenters. The molecule has 8 heteroatoms. The molecule has 0 amide bonds. The second-order valence-corrected chi connectivity index (χ2v) is 8.35. The summed E-state index contributed by atoms with van der Waals surface area (Å²) >= 11 is 1.50. The van der Waals surface area contributed by atoms with Crippen molar-refractivity contribution in [2.24, 2.45) is 0 Å². The Morgan fingerprint density at radius 2 is 1.86 bits per heavy atom. The van der Waals surface area contributed by atoms with Crippen molar-refractivity contribution in [3.8, 4) is 0 Å². The third-order valence-electron chi connectivity index (χ3n) is 3.60. The standard InChI is InChI=1S/C14H18N4O2S2/c1-11-16-17-14(21-11)15-10-12-4-6-13(7-5-12)22(19,20)18-8-2-3-9-18/h4-7H,2-3,8-10H2,1H3,(H,15,17). The summed E-state index contributed by atoms with van der Waals surface area (Å²) in [7, 11) is -3.33. The lowest BCUT2D eigenvalue weighted by Crippen LogP contribution is -2.27. The van der Waals surface area contributed by atoms with Gasteiger partial charge in [0, 0.05) is 19.6 Å². The molecule has 0 radical (unpaired) electrons. The van der Waals surface area contributed by atoms with Crippen molar-refractivity contribution in [2.75, 3.05) is 18.4 Å². The van der Waals surface area contributed by atoms with Gasteiger partial charge in [0.1, 0.15) is 5.01 Å². The molecule has 1 aromatic heterocycles. The Balaban J connectivity index is 1.67. The summed E-state index contributed by atoms with van der Waals surface area (Å²) in [6.45, 7) is 3.75. The van der Waals surface area contributed by atoms with E-state index in [9.17, 15) is 8.42 Å². The van der Waals surface area contributed by atoms with Crippen LogP contribution in [0.4, 0.5) is 5.13 Å². The predicted octanol–water partition coefficient (Wildman–Crippen LogP) is 2.24. The van der Waals surface area contributed by atoms with Crippen LogP contribution in [0.3, 0.4) is 0 Å². The van der Waals surface area contributed by atoms with Crippen molar-refractivity contribution < 1.29 is 8.42 Å². The van der Waals surface area contributed by atoms with Crippen LogP contribution in [0.5, 0.6) is 0 Å². The number of nitrogens with one attached hydrogen (secondary N) is 1. The lowest BCUT2D eigenvalue weighted by atomic mass is 10.2. The van der Waals surface area contributed by atoms with E-state index in [4.69, 9.17) is 0 Å². The van der Waals surface area contributed by atoms with E-state index in [1.54, 1.807) is 16.4 Å². The summed E-state index contributed by atoms with van der Waals surface area (Å²) in [5, 5.41) is 12.8. The minimum atomic E-state index is -3.33. The Morgan fingerprint density at radius 1 is 1.18 bits per heavy atom. The maximum absolute atomic E-state index is 12.4. The molecule has 118 valence electrons. The third-order valence-corrected chi connectivity index (χ3v) is 6.31. The number of anilines is 1. The van der Waals surface area contributed by atoms with Crippen molar-refractivity contribution >= 4 is 26.5 Å². The van der Waals surface area contributed by atoms with E-state index in [2.05, 4.69) is 15.5 Å². The van der Waals surface area contributed by atoms with Gasteiger partial charge < -0.3 is 5.32 Å². The molecule has 1 aromatic carbocycles. The van der Waals surface area contributed by atoms with Crippen LogP contribution in [0.2, 0.25) is 0 Å². The van der Waals surface area contributed by atoms with Crippen molar-refractivity contribution in [1.82, 2.24) is 14.5 Å². The highest BCUT2D eigenvalue weighted by atomic mass is 32.2. The summed E-state index contributed by atoms with van der Waals surface area (Å²) in [6.07, 6.45) is 1.89. The Morgan fingerprint density at radius 3 is 2.45 bits per heavy atom. The van der Waals surface area contributed by atoms with E-state index < -0.39 is 10.0 Å². The van der Waals surface area contributed by atoms with Gasteiger partial charge in [-0.1, -0.05) is 23.5 Å². The molecule has 1 saturated heterocycles. The zero-order valence-corrected chi connectivity index (χ0v) is 14.0. The zero-order valence-electron chi connectivity index (χ0n) is 12.3.